The van der Waals surface area contributed by atoms with E-state index in [1.54, 1.807) is 17.6 Å². The van der Waals surface area contributed by atoms with Gasteiger partial charge in [0.2, 0.25) is 0 Å². The molecule has 2 aromatic rings. The summed E-state index contributed by atoms with van der Waals surface area (Å²) in [5, 5.41) is 3.09. The van der Waals surface area contributed by atoms with Crippen LogP contribution in [-0.4, -0.2) is 11.0 Å². The summed E-state index contributed by atoms with van der Waals surface area (Å²) in [4.78, 5) is 4.22. The summed E-state index contributed by atoms with van der Waals surface area (Å²) >= 11 is 1.66. The van der Waals surface area contributed by atoms with Crippen LogP contribution in [0.3, 0.4) is 0 Å². The van der Waals surface area contributed by atoms with Gasteiger partial charge in [0.25, 0.3) is 0 Å². The van der Waals surface area contributed by atoms with E-state index in [0.717, 1.165) is 30.0 Å². The molecule has 0 aliphatic rings. The van der Waals surface area contributed by atoms with Crippen molar-refractivity contribution in [3.63, 3.8) is 0 Å². The molecule has 0 spiro atoms. The van der Waals surface area contributed by atoms with E-state index in [4.69, 9.17) is 10.2 Å². The van der Waals surface area contributed by atoms with Crippen molar-refractivity contribution in [1.29, 1.82) is 0 Å². The molecule has 0 aromatic carbocycles. The first kappa shape index (κ1) is 10.4. The Balaban J connectivity index is 1.76. The molecule has 0 amide bonds. The van der Waals surface area contributed by atoms with Gasteiger partial charge >= 0.3 is 0 Å². The maximum atomic E-state index is 6.01. The lowest BCUT2D eigenvalue weighted by molar-refractivity contribution is 0.484. The number of hydrogen-bond acceptors (Lipinski definition) is 4. The summed E-state index contributed by atoms with van der Waals surface area (Å²) in [6, 6.07) is 4.05. The van der Waals surface area contributed by atoms with Crippen LogP contribution >= 0.6 is 11.3 Å². The van der Waals surface area contributed by atoms with Gasteiger partial charge in [-0.25, -0.2) is 4.98 Å². The Kier molecular flexibility index (Phi) is 3.53. The summed E-state index contributed by atoms with van der Waals surface area (Å²) in [6.45, 7) is 0. The largest absolute Gasteiger partial charge is 0.469 e. The molecule has 3 nitrogen and oxygen atoms in total. The highest BCUT2D eigenvalue weighted by atomic mass is 32.1. The van der Waals surface area contributed by atoms with Crippen molar-refractivity contribution in [2.24, 2.45) is 5.73 Å². The van der Waals surface area contributed by atoms with Gasteiger partial charge < -0.3 is 10.2 Å². The van der Waals surface area contributed by atoms with Gasteiger partial charge in [-0.3, -0.25) is 0 Å². The zero-order valence-electron chi connectivity index (χ0n) is 8.43. The lowest BCUT2D eigenvalue weighted by atomic mass is 10.1. The fraction of sp³-hybridized carbons (Fsp3) is 0.364. The van der Waals surface area contributed by atoms with Crippen molar-refractivity contribution in [1.82, 2.24) is 4.98 Å². The smallest absolute Gasteiger partial charge is 0.103 e. The van der Waals surface area contributed by atoms with Crippen LogP contribution in [0.15, 0.2) is 34.4 Å². The number of furan rings is 1. The second-order valence-corrected chi connectivity index (χ2v) is 4.49. The molecule has 2 heterocycles. The molecular formula is C11H14N2OS. The fourth-order valence-electron chi connectivity index (χ4n) is 1.46. The standard InChI is InChI=1S/C11H14N2OS/c12-9(8-11-13-5-7-15-11)3-4-10-2-1-6-14-10/h1-2,5-7,9H,3-4,8,12H2. The highest BCUT2D eigenvalue weighted by Gasteiger charge is 2.07. The predicted molar refractivity (Wildman–Crippen MR) is 60.8 cm³/mol. The van der Waals surface area contributed by atoms with Crippen LogP contribution in [0.1, 0.15) is 17.2 Å². The van der Waals surface area contributed by atoms with E-state index >= 15 is 0 Å². The molecule has 80 valence electrons. The maximum absolute atomic E-state index is 6.01. The number of nitrogens with zero attached hydrogens (tertiary/aromatic N) is 1. The third kappa shape index (κ3) is 3.18. The zero-order chi connectivity index (χ0) is 10.5. The summed E-state index contributed by atoms with van der Waals surface area (Å²) in [5.41, 5.74) is 6.01. The molecule has 0 saturated heterocycles. The fourth-order valence-corrected chi connectivity index (χ4v) is 2.17. The predicted octanol–water partition coefficient (Wildman–Crippen LogP) is 2.24. The Bertz CT molecular complexity index is 369. The van der Waals surface area contributed by atoms with Gasteiger partial charge in [-0.05, 0) is 18.6 Å². The number of nitrogens with two attached hydrogens (primary N) is 1. The van der Waals surface area contributed by atoms with Crippen molar-refractivity contribution in [3.05, 3.63) is 40.7 Å². The lowest BCUT2D eigenvalue weighted by Crippen LogP contribution is -2.23. The Morgan fingerprint density at radius 1 is 1.53 bits per heavy atom. The van der Waals surface area contributed by atoms with Gasteiger partial charge in [-0.15, -0.1) is 11.3 Å². The number of aryl methyl sites for hydroxylation is 1. The second-order valence-electron chi connectivity index (χ2n) is 3.51. The highest BCUT2D eigenvalue weighted by Crippen LogP contribution is 2.10. The van der Waals surface area contributed by atoms with Crippen LogP contribution in [0, 0.1) is 0 Å². The minimum Gasteiger partial charge on any atom is -0.469 e. The molecule has 2 rings (SSSR count). The van der Waals surface area contributed by atoms with Crippen molar-refractivity contribution in [3.8, 4) is 0 Å². The molecule has 2 N–H and O–H groups in total. The van der Waals surface area contributed by atoms with Crippen LogP contribution in [0.4, 0.5) is 0 Å². The van der Waals surface area contributed by atoms with E-state index in [0.29, 0.717) is 0 Å². The molecule has 0 bridgehead atoms. The van der Waals surface area contributed by atoms with Gasteiger partial charge in [0.15, 0.2) is 0 Å². The molecule has 0 saturated carbocycles. The van der Waals surface area contributed by atoms with Crippen LogP contribution < -0.4 is 5.73 Å². The van der Waals surface area contributed by atoms with Crippen molar-refractivity contribution < 1.29 is 4.42 Å². The van der Waals surface area contributed by atoms with Gasteiger partial charge in [-0.2, -0.15) is 0 Å². The van der Waals surface area contributed by atoms with Gasteiger partial charge in [0, 0.05) is 30.5 Å². The minimum absolute atomic E-state index is 0.168. The number of thiazole rings is 1. The second kappa shape index (κ2) is 5.09. The molecule has 1 atom stereocenters. The van der Waals surface area contributed by atoms with Gasteiger partial charge in [0.1, 0.15) is 5.76 Å². The summed E-state index contributed by atoms with van der Waals surface area (Å²) in [7, 11) is 0. The summed E-state index contributed by atoms with van der Waals surface area (Å²) < 4.78 is 5.25. The molecule has 0 radical (unpaired) electrons. The third-order valence-corrected chi connectivity index (χ3v) is 3.06. The maximum Gasteiger partial charge on any atom is 0.103 e. The molecule has 4 heteroatoms. The molecule has 0 aliphatic carbocycles. The zero-order valence-corrected chi connectivity index (χ0v) is 9.24. The van der Waals surface area contributed by atoms with Crippen LogP contribution in [0.2, 0.25) is 0 Å². The van der Waals surface area contributed by atoms with E-state index in [1.807, 2.05) is 23.7 Å². The normalized spacial score (nSPS) is 12.9. The topological polar surface area (TPSA) is 52.0 Å². The average Bonchev–Trinajstić information content (AvgIpc) is 2.86. The van der Waals surface area contributed by atoms with E-state index < -0.39 is 0 Å². The minimum atomic E-state index is 0.168. The van der Waals surface area contributed by atoms with Crippen LogP contribution in [0.25, 0.3) is 0 Å². The van der Waals surface area contributed by atoms with E-state index in [-0.39, 0.29) is 6.04 Å². The first-order valence-electron chi connectivity index (χ1n) is 5.01. The average molecular weight is 222 g/mol. The number of rotatable bonds is 5. The number of aromatic nitrogens is 1. The summed E-state index contributed by atoms with van der Waals surface area (Å²) in [6.07, 6.45) is 6.21. The van der Waals surface area contributed by atoms with E-state index in [2.05, 4.69) is 4.98 Å². The first-order chi connectivity index (χ1) is 7.34. The molecule has 0 aliphatic heterocycles. The van der Waals surface area contributed by atoms with E-state index in [1.165, 1.54) is 0 Å². The molecule has 15 heavy (non-hydrogen) atoms. The van der Waals surface area contributed by atoms with Crippen molar-refractivity contribution >= 4 is 11.3 Å². The Morgan fingerprint density at radius 2 is 2.47 bits per heavy atom. The first-order valence-corrected chi connectivity index (χ1v) is 5.89. The van der Waals surface area contributed by atoms with Gasteiger partial charge in [-0.1, -0.05) is 0 Å². The number of hydrogen-bond donors (Lipinski definition) is 1. The quantitative estimate of drug-likeness (QED) is 0.844. The summed E-state index contributed by atoms with van der Waals surface area (Å²) in [5.74, 6) is 1.00. The molecule has 1 unspecified atom stereocenters. The van der Waals surface area contributed by atoms with Crippen LogP contribution in [0.5, 0.6) is 0 Å². The molecular weight excluding hydrogens is 208 g/mol. The highest BCUT2D eigenvalue weighted by molar-refractivity contribution is 7.09. The van der Waals surface area contributed by atoms with Crippen molar-refractivity contribution in [2.75, 3.05) is 0 Å². The van der Waals surface area contributed by atoms with Crippen molar-refractivity contribution in [2.45, 2.75) is 25.3 Å². The Morgan fingerprint density at radius 3 is 3.13 bits per heavy atom. The monoisotopic (exact) mass is 222 g/mol. The van der Waals surface area contributed by atoms with Crippen LogP contribution in [-0.2, 0) is 12.8 Å². The third-order valence-electron chi connectivity index (χ3n) is 2.26. The molecule has 0 fully saturated rings. The Labute approximate surface area is 92.9 Å². The lowest BCUT2D eigenvalue weighted by Gasteiger charge is -2.07. The van der Waals surface area contributed by atoms with Gasteiger partial charge in [0.05, 0.1) is 11.3 Å². The van der Waals surface area contributed by atoms with E-state index in [9.17, 15) is 0 Å². The molecule has 2 aromatic heterocycles. The SMILES string of the molecule is NC(CCc1ccco1)Cc1nccs1. The Hall–Kier alpha value is -1.13.